The van der Waals surface area contributed by atoms with Gasteiger partial charge in [-0.05, 0) is 19.4 Å². The zero-order valence-electron chi connectivity index (χ0n) is 9.70. The van der Waals surface area contributed by atoms with Crippen molar-refractivity contribution in [1.82, 2.24) is 9.55 Å². The minimum absolute atomic E-state index is 0.114. The molecule has 0 N–H and O–H groups in total. The Morgan fingerprint density at radius 1 is 1.35 bits per heavy atom. The number of nitro benzene ring substituents is 1. The van der Waals surface area contributed by atoms with E-state index in [1.54, 1.807) is 18.3 Å². The van der Waals surface area contributed by atoms with Crippen LogP contribution >= 0.6 is 0 Å². The van der Waals surface area contributed by atoms with E-state index in [2.05, 4.69) is 4.98 Å². The molecular formula is C12H13N3O2. The Morgan fingerprint density at radius 3 is 2.47 bits per heavy atom. The van der Waals surface area contributed by atoms with Gasteiger partial charge >= 0.3 is 0 Å². The zero-order chi connectivity index (χ0) is 12.4. The summed E-state index contributed by atoms with van der Waals surface area (Å²) in [5, 5.41) is 10.6. The molecule has 0 aliphatic heterocycles. The second kappa shape index (κ2) is 4.37. The molecule has 0 radical (unpaired) electrons. The molecule has 1 aromatic heterocycles. The topological polar surface area (TPSA) is 61.0 Å². The first-order valence-electron chi connectivity index (χ1n) is 5.33. The fourth-order valence-electron chi connectivity index (χ4n) is 1.83. The van der Waals surface area contributed by atoms with E-state index >= 15 is 0 Å². The van der Waals surface area contributed by atoms with Crippen molar-refractivity contribution in [3.8, 4) is 0 Å². The number of rotatable bonds is 3. The summed E-state index contributed by atoms with van der Waals surface area (Å²) in [4.78, 5) is 14.3. The highest BCUT2D eigenvalue weighted by Crippen LogP contribution is 2.21. The lowest BCUT2D eigenvalue weighted by atomic mass is 10.1. The van der Waals surface area contributed by atoms with Gasteiger partial charge in [0.25, 0.3) is 5.69 Å². The molecule has 0 unspecified atom stereocenters. The molecule has 0 aliphatic rings. The Labute approximate surface area is 98.9 Å². The molecule has 0 aliphatic carbocycles. The minimum atomic E-state index is -0.392. The summed E-state index contributed by atoms with van der Waals surface area (Å²) < 4.78 is 2.03. The molecule has 0 amide bonds. The maximum absolute atomic E-state index is 10.6. The van der Waals surface area contributed by atoms with Crippen molar-refractivity contribution in [3.05, 3.63) is 58.2 Å². The van der Waals surface area contributed by atoms with Gasteiger partial charge in [-0.3, -0.25) is 10.1 Å². The summed E-state index contributed by atoms with van der Waals surface area (Å²) in [6.45, 7) is 3.97. The van der Waals surface area contributed by atoms with Crippen LogP contribution in [0.3, 0.4) is 0 Å². The van der Waals surface area contributed by atoms with Crippen molar-refractivity contribution in [2.45, 2.75) is 19.9 Å². The van der Waals surface area contributed by atoms with Crippen LogP contribution in [0.4, 0.5) is 5.69 Å². The van der Waals surface area contributed by atoms with Gasteiger partial charge in [-0.2, -0.15) is 0 Å². The normalized spacial score (nSPS) is 12.4. The molecule has 2 aromatic rings. The Morgan fingerprint density at radius 2 is 2.00 bits per heavy atom. The van der Waals surface area contributed by atoms with Crippen LogP contribution in [0.1, 0.15) is 24.4 Å². The molecule has 0 spiro atoms. The predicted molar refractivity (Wildman–Crippen MR) is 63.9 cm³/mol. The van der Waals surface area contributed by atoms with Gasteiger partial charge in [0.15, 0.2) is 0 Å². The van der Waals surface area contributed by atoms with Gasteiger partial charge in [-0.25, -0.2) is 4.98 Å². The lowest BCUT2D eigenvalue weighted by molar-refractivity contribution is -0.384. The molecular weight excluding hydrogens is 218 g/mol. The van der Waals surface area contributed by atoms with Crippen molar-refractivity contribution < 1.29 is 4.92 Å². The Balaban J connectivity index is 2.29. The minimum Gasteiger partial charge on any atom is -0.328 e. The van der Waals surface area contributed by atoms with E-state index in [-0.39, 0.29) is 11.7 Å². The first-order chi connectivity index (χ1) is 8.09. The summed E-state index contributed by atoms with van der Waals surface area (Å²) in [5.41, 5.74) is 1.14. The van der Waals surface area contributed by atoms with Crippen molar-refractivity contribution >= 4 is 5.69 Å². The molecule has 1 aromatic carbocycles. The van der Waals surface area contributed by atoms with Crippen LogP contribution < -0.4 is 0 Å². The Hall–Kier alpha value is -2.17. The lowest BCUT2D eigenvalue weighted by Gasteiger charge is -2.15. The van der Waals surface area contributed by atoms with Gasteiger partial charge in [0.2, 0.25) is 0 Å². The van der Waals surface area contributed by atoms with E-state index in [0.717, 1.165) is 11.4 Å². The highest BCUT2D eigenvalue weighted by Gasteiger charge is 2.11. The highest BCUT2D eigenvalue weighted by atomic mass is 16.6. The molecule has 5 heteroatoms. The van der Waals surface area contributed by atoms with Crippen molar-refractivity contribution in [1.29, 1.82) is 0 Å². The van der Waals surface area contributed by atoms with Gasteiger partial charge in [-0.15, -0.1) is 0 Å². The molecule has 2 rings (SSSR count). The summed E-state index contributed by atoms with van der Waals surface area (Å²) >= 11 is 0. The molecule has 88 valence electrons. The third kappa shape index (κ3) is 2.18. The first-order valence-corrected chi connectivity index (χ1v) is 5.33. The fourth-order valence-corrected chi connectivity index (χ4v) is 1.83. The number of imidazole rings is 1. The van der Waals surface area contributed by atoms with Crippen molar-refractivity contribution in [2.24, 2.45) is 0 Å². The van der Waals surface area contributed by atoms with E-state index in [0.29, 0.717) is 0 Å². The SMILES string of the molecule is Cc1nccn1[C@@H](C)c1ccc([N+](=O)[O-])cc1. The third-order valence-corrected chi connectivity index (χ3v) is 2.87. The van der Waals surface area contributed by atoms with Crippen LogP contribution in [0.2, 0.25) is 0 Å². The van der Waals surface area contributed by atoms with Crippen LogP contribution in [0, 0.1) is 17.0 Å². The second-order valence-electron chi connectivity index (χ2n) is 3.91. The van der Waals surface area contributed by atoms with Crippen molar-refractivity contribution in [3.63, 3.8) is 0 Å². The van der Waals surface area contributed by atoms with Gasteiger partial charge in [0.1, 0.15) is 5.82 Å². The summed E-state index contributed by atoms with van der Waals surface area (Å²) in [6, 6.07) is 6.74. The fraction of sp³-hybridized carbons (Fsp3) is 0.250. The van der Waals surface area contributed by atoms with E-state index in [4.69, 9.17) is 0 Å². The quantitative estimate of drug-likeness (QED) is 0.602. The third-order valence-electron chi connectivity index (χ3n) is 2.87. The van der Waals surface area contributed by atoms with E-state index in [1.165, 1.54) is 12.1 Å². The van der Waals surface area contributed by atoms with Gasteiger partial charge in [0, 0.05) is 24.5 Å². The molecule has 0 saturated carbocycles. The zero-order valence-corrected chi connectivity index (χ0v) is 9.70. The predicted octanol–water partition coefficient (Wildman–Crippen LogP) is 2.71. The summed E-state index contributed by atoms with van der Waals surface area (Å²) in [6.07, 6.45) is 3.65. The second-order valence-corrected chi connectivity index (χ2v) is 3.91. The van der Waals surface area contributed by atoms with Gasteiger partial charge in [0.05, 0.1) is 11.0 Å². The van der Waals surface area contributed by atoms with Crippen LogP contribution in [0.25, 0.3) is 0 Å². The largest absolute Gasteiger partial charge is 0.328 e. The lowest BCUT2D eigenvalue weighted by Crippen LogP contribution is -2.07. The molecule has 0 bridgehead atoms. The van der Waals surface area contributed by atoms with Crippen molar-refractivity contribution in [2.75, 3.05) is 0 Å². The monoisotopic (exact) mass is 231 g/mol. The Bertz CT molecular complexity index is 531. The summed E-state index contributed by atoms with van der Waals surface area (Å²) in [7, 11) is 0. The van der Waals surface area contributed by atoms with Crippen LogP contribution in [-0.2, 0) is 0 Å². The van der Waals surface area contributed by atoms with E-state index in [9.17, 15) is 10.1 Å². The van der Waals surface area contributed by atoms with E-state index < -0.39 is 4.92 Å². The highest BCUT2D eigenvalue weighted by molar-refractivity contribution is 5.34. The molecule has 0 fully saturated rings. The first kappa shape index (κ1) is 11.3. The van der Waals surface area contributed by atoms with Crippen LogP contribution in [-0.4, -0.2) is 14.5 Å². The number of aryl methyl sites for hydroxylation is 1. The average molecular weight is 231 g/mol. The molecule has 17 heavy (non-hydrogen) atoms. The number of hydrogen-bond acceptors (Lipinski definition) is 3. The molecule has 5 nitrogen and oxygen atoms in total. The number of nitro groups is 1. The Kier molecular flexibility index (Phi) is 2.91. The number of nitrogens with zero attached hydrogens (tertiary/aromatic N) is 3. The van der Waals surface area contributed by atoms with Gasteiger partial charge < -0.3 is 4.57 Å². The number of aromatic nitrogens is 2. The molecule has 1 heterocycles. The van der Waals surface area contributed by atoms with Gasteiger partial charge in [-0.1, -0.05) is 12.1 Å². The number of hydrogen-bond donors (Lipinski definition) is 0. The smallest absolute Gasteiger partial charge is 0.269 e. The van der Waals surface area contributed by atoms with E-state index in [1.807, 2.05) is 24.6 Å². The van der Waals surface area contributed by atoms with Crippen LogP contribution in [0.15, 0.2) is 36.7 Å². The molecule has 0 saturated heterocycles. The summed E-state index contributed by atoms with van der Waals surface area (Å²) in [5.74, 6) is 0.927. The number of benzene rings is 1. The molecule has 1 atom stereocenters. The average Bonchev–Trinajstić information content (AvgIpc) is 2.74. The maximum atomic E-state index is 10.6. The standard InChI is InChI=1S/C12H13N3O2/c1-9(14-8-7-13-10(14)2)11-3-5-12(6-4-11)15(16)17/h3-9H,1-2H3/t9-/m0/s1. The van der Waals surface area contributed by atoms with Crippen LogP contribution in [0.5, 0.6) is 0 Å². The maximum Gasteiger partial charge on any atom is 0.269 e. The number of non-ortho nitro benzene ring substituents is 1.